The van der Waals surface area contributed by atoms with Crippen molar-refractivity contribution in [2.24, 2.45) is 0 Å². The van der Waals surface area contributed by atoms with Gasteiger partial charge in [0.25, 0.3) is 0 Å². The van der Waals surface area contributed by atoms with Crippen molar-refractivity contribution in [2.45, 2.75) is 45.3 Å². The van der Waals surface area contributed by atoms with Gasteiger partial charge in [-0.3, -0.25) is 0 Å². The van der Waals surface area contributed by atoms with E-state index in [2.05, 4.69) is 36.5 Å². The SMILES string of the molecule is CCCCCNC(C)C(O)c1ccc2ccccc2c1. The fraction of sp³-hybridized carbons (Fsp3) is 0.444. The first-order valence-electron chi connectivity index (χ1n) is 7.62. The Morgan fingerprint density at radius 3 is 2.55 bits per heavy atom. The molecule has 0 fully saturated rings. The standard InChI is InChI=1S/C18H25NO/c1-3-4-7-12-19-14(2)18(20)17-11-10-15-8-5-6-9-16(15)13-17/h5-6,8-11,13-14,18-20H,3-4,7,12H2,1-2H3. The van der Waals surface area contributed by atoms with Crippen LogP contribution in [0, 0.1) is 0 Å². The molecule has 20 heavy (non-hydrogen) atoms. The van der Waals surface area contributed by atoms with Crippen molar-refractivity contribution in [1.82, 2.24) is 5.32 Å². The van der Waals surface area contributed by atoms with Crippen molar-refractivity contribution >= 4 is 10.8 Å². The molecule has 0 aliphatic rings. The monoisotopic (exact) mass is 271 g/mol. The lowest BCUT2D eigenvalue weighted by molar-refractivity contribution is 0.136. The summed E-state index contributed by atoms with van der Waals surface area (Å²) in [6, 6.07) is 14.5. The number of hydrogen-bond acceptors (Lipinski definition) is 2. The summed E-state index contributed by atoms with van der Waals surface area (Å²) < 4.78 is 0. The molecule has 2 aromatic rings. The predicted octanol–water partition coefficient (Wildman–Crippen LogP) is 4.04. The fourth-order valence-electron chi connectivity index (χ4n) is 2.50. The van der Waals surface area contributed by atoms with E-state index in [1.807, 2.05) is 25.1 Å². The molecule has 0 aliphatic heterocycles. The van der Waals surface area contributed by atoms with E-state index in [0.29, 0.717) is 0 Å². The minimum Gasteiger partial charge on any atom is -0.387 e. The first kappa shape index (κ1) is 15.0. The molecule has 0 amide bonds. The molecule has 0 heterocycles. The maximum absolute atomic E-state index is 10.4. The summed E-state index contributed by atoms with van der Waals surface area (Å²) in [4.78, 5) is 0. The molecule has 0 aliphatic carbocycles. The largest absolute Gasteiger partial charge is 0.387 e. The summed E-state index contributed by atoms with van der Waals surface area (Å²) >= 11 is 0. The van der Waals surface area contributed by atoms with Gasteiger partial charge in [0, 0.05) is 6.04 Å². The van der Waals surface area contributed by atoms with Crippen molar-refractivity contribution in [3.63, 3.8) is 0 Å². The zero-order valence-corrected chi connectivity index (χ0v) is 12.5. The van der Waals surface area contributed by atoms with E-state index in [0.717, 1.165) is 12.1 Å². The van der Waals surface area contributed by atoms with Crippen molar-refractivity contribution in [3.8, 4) is 0 Å². The summed E-state index contributed by atoms with van der Waals surface area (Å²) in [5.74, 6) is 0. The highest BCUT2D eigenvalue weighted by atomic mass is 16.3. The Labute approximate surface area is 121 Å². The molecule has 0 radical (unpaired) electrons. The van der Waals surface area contributed by atoms with Crippen LogP contribution in [0.15, 0.2) is 42.5 Å². The number of aliphatic hydroxyl groups is 1. The molecule has 0 saturated carbocycles. The first-order chi connectivity index (χ1) is 9.72. The first-order valence-corrected chi connectivity index (χ1v) is 7.62. The highest BCUT2D eigenvalue weighted by Gasteiger charge is 2.15. The molecule has 0 bridgehead atoms. The Hall–Kier alpha value is -1.38. The minimum atomic E-state index is -0.457. The fourth-order valence-corrected chi connectivity index (χ4v) is 2.50. The molecule has 0 aromatic heterocycles. The van der Waals surface area contributed by atoms with Gasteiger partial charge in [-0.15, -0.1) is 0 Å². The highest BCUT2D eigenvalue weighted by molar-refractivity contribution is 5.83. The third-order valence-electron chi connectivity index (χ3n) is 3.84. The van der Waals surface area contributed by atoms with Crippen LogP contribution in [0.1, 0.15) is 44.8 Å². The predicted molar refractivity (Wildman–Crippen MR) is 85.9 cm³/mol. The Morgan fingerprint density at radius 1 is 1.05 bits per heavy atom. The number of fused-ring (bicyclic) bond motifs is 1. The molecular formula is C18H25NO. The third-order valence-corrected chi connectivity index (χ3v) is 3.84. The van der Waals surface area contributed by atoms with Crippen LogP contribution in [-0.2, 0) is 0 Å². The number of unbranched alkanes of at least 4 members (excludes halogenated alkanes) is 2. The lowest BCUT2D eigenvalue weighted by Gasteiger charge is -2.21. The summed E-state index contributed by atoms with van der Waals surface area (Å²) in [6.07, 6.45) is 3.18. The van der Waals surface area contributed by atoms with Gasteiger partial charge in [-0.1, -0.05) is 56.2 Å². The number of benzene rings is 2. The van der Waals surface area contributed by atoms with Crippen LogP contribution in [0.3, 0.4) is 0 Å². The molecule has 2 N–H and O–H groups in total. The number of nitrogens with one attached hydrogen (secondary N) is 1. The van der Waals surface area contributed by atoms with Crippen LogP contribution >= 0.6 is 0 Å². The second kappa shape index (κ2) is 7.41. The van der Waals surface area contributed by atoms with Gasteiger partial charge in [-0.25, -0.2) is 0 Å². The van der Waals surface area contributed by atoms with Gasteiger partial charge in [-0.05, 0) is 42.3 Å². The van der Waals surface area contributed by atoms with Gasteiger partial charge >= 0.3 is 0 Å². The molecule has 2 nitrogen and oxygen atoms in total. The van der Waals surface area contributed by atoms with Crippen LogP contribution in [0.4, 0.5) is 0 Å². The van der Waals surface area contributed by atoms with Gasteiger partial charge < -0.3 is 10.4 Å². The van der Waals surface area contributed by atoms with E-state index >= 15 is 0 Å². The lowest BCUT2D eigenvalue weighted by atomic mass is 9.99. The molecule has 108 valence electrons. The minimum absolute atomic E-state index is 0.0769. The maximum Gasteiger partial charge on any atom is 0.0940 e. The molecule has 0 saturated heterocycles. The van der Waals surface area contributed by atoms with Gasteiger partial charge in [0.2, 0.25) is 0 Å². The Balaban J connectivity index is 2.00. The Morgan fingerprint density at radius 2 is 1.80 bits per heavy atom. The molecule has 2 unspecified atom stereocenters. The van der Waals surface area contributed by atoms with Crippen molar-refractivity contribution in [3.05, 3.63) is 48.0 Å². The normalized spacial score (nSPS) is 14.3. The van der Waals surface area contributed by atoms with E-state index in [4.69, 9.17) is 0 Å². The van der Waals surface area contributed by atoms with E-state index < -0.39 is 6.10 Å². The summed E-state index contributed by atoms with van der Waals surface area (Å²) in [5.41, 5.74) is 0.985. The van der Waals surface area contributed by atoms with Crippen LogP contribution in [-0.4, -0.2) is 17.7 Å². The van der Waals surface area contributed by atoms with Crippen LogP contribution in [0.2, 0.25) is 0 Å². The second-order valence-corrected chi connectivity index (χ2v) is 5.50. The van der Waals surface area contributed by atoms with Crippen molar-refractivity contribution in [1.29, 1.82) is 0 Å². The van der Waals surface area contributed by atoms with E-state index in [9.17, 15) is 5.11 Å². The van der Waals surface area contributed by atoms with E-state index in [-0.39, 0.29) is 6.04 Å². The number of hydrogen-bond donors (Lipinski definition) is 2. The van der Waals surface area contributed by atoms with Crippen molar-refractivity contribution < 1.29 is 5.11 Å². The molecule has 2 atom stereocenters. The lowest BCUT2D eigenvalue weighted by Crippen LogP contribution is -2.32. The van der Waals surface area contributed by atoms with Crippen LogP contribution < -0.4 is 5.32 Å². The second-order valence-electron chi connectivity index (χ2n) is 5.50. The molecular weight excluding hydrogens is 246 g/mol. The molecule has 2 heteroatoms. The van der Waals surface area contributed by atoms with Gasteiger partial charge in [0.15, 0.2) is 0 Å². The average molecular weight is 271 g/mol. The number of aliphatic hydroxyl groups excluding tert-OH is 1. The topological polar surface area (TPSA) is 32.3 Å². The van der Waals surface area contributed by atoms with Gasteiger partial charge in [0.1, 0.15) is 0 Å². The average Bonchev–Trinajstić information content (AvgIpc) is 2.50. The Kier molecular flexibility index (Phi) is 5.57. The van der Waals surface area contributed by atoms with Gasteiger partial charge in [0.05, 0.1) is 6.10 Å². The third kappa shape index (κ3) is 3.81. The Bertz CT molecular complexity index is 538. The maximum atomic E-state index is 10.4. The molecule has 0 spiro atoms. The highest BCUT2D eigenvalue weighted by Crippen LogP contribution is 2.22. The number of rotatable bonds is 7. The summed E-state index contributed by atoms with van der Waals surface area (Å²) in [6.45, 7) is 5.22. The molecule has 2 rings (SSSR count). The van der Waals surface area contributed by atoms with E-state index in [1.54, 1.807) is 0 Å². The summed E-state index contributed by atoms with van der Waals surface area (Å²) in [5, 5.41) is 16.3. The zero-order valence-electron chi connectivity index (χ0n) is 12.5. The van der Waals surface area contributed by atoms with Crippen LogP contribution in [0.5, 0.6) is 0 Å². The zero-order chi connectivity index (χ0) is 14.4. The van der Waals surface area contributed by atoms with Crippen molar-refractivity contribution in [2.75, 3.05) is 6.54 Å². The van der Waals surface area contributed by atoms with Gasteiger partial charge in [-0.2, -0.15) is 0 Å². The van der Waals surface area contributed by atoms with Crippen LogP contribution in [0.25, 0.3) is 10.8 Å². The smallest absolute Gasteiger partial charge is 0.0940 e. The van der Waals surface area contributed by atoms with E-state index in [1.165, 1.54) is 30.0 Å². The molecule has 2 aromatic carbocycles. The summed E-state index contributed by atoms with van der Waals surface area (Å²) in [7, 11) is 0. The quantitative estimate of drug-likeness (QED) is 0.745.